The van der Waals surface area contributed by atoms with E-state index < -0.39 is 5.82 Å². The summed E-state index contributed by atoms with van der Waals surface area (Å²) in [6.07, 6.45) is 0. The maximum absolute atomic E-state index is 13.4. The van der Waals surface area contributed by atoms with Crippen LogP contribution in [0.1, 0.15) is 5.56 Å². The summed E-state index contributed by atoms with van der Waals surface area (Å²) in [4.78, 5) is 7.75. The van der Waals surface area contributed by atoms with Gasteiger partial charge >= 0.3 is 0 Å². The molecule has 2 aromatic rings. The van der Waals surface area contributed by atoms with Crippen molar-refractivity contribution in [2.45, 2.75) is 0 Å². The van der Waals surface area contributed by atoms with Crippen LogP contribution in [0.15, 0.2) is 24.3 Å². The molecule has 0 atom stereocenters. The lowest BCUT2D eigenvalue weighted by Gasteiger charge is -2.09. The fourth-order valence-electron chi connectivity index (χ4n) is 1.49. The van der Waals surface area contributed by atoms with E-state index in [9.17, 15) is 4.39 Å². The number of nitrogens with one attached hydrogen (secondary N) is 1. The molecule has 96 valence electrons. The van der Waals surface area contributed by atoms with Gasteiger partial charge in [0, 0.05) is 6.07 Å². The molecule has 2 rings (SSSR count). The first-order valence-electron chi connectivity index (χ1n) is 5.28. The lowest BCUT2D eigenvalue weighted by molar-refractivity contribution is 0.398. The van der Waals surface area contributed by atoms with E-state index in [0.29, 0.717) is 11.5 Å². The second kappa shape index (κ2) is 5.18. The Morgan fingerprint density at radius 3 is 2.89 bits per heavy atom. The van der Waals surface area contributed by atoms with Crippen molar-refractivity contribution in [1.29, 1.82) is 5.26 Å². The number of ether oxygens (including phenoxy) is 1. The van der Waals surface area contributed by atoms with Crippen molar-refractivity contribution in [3.05, 3.63) is 35.6 Å². The number of benzene rings is 1. The molecule has 7 heteroatoms. The number of anilines is 3. The van der Waals surface area contributed by atoms with Crippen LogP contribution in [-0.4, -0.2) is 17.1 Å². The average Bonchev–Trinajstić information content (AvgIpc) is 2.38. The molecule has 0 fully saturated rings. The zero-order valence-corrected chi connectivity index (χ0v) is 10.0. The average molecular weight is 259 g/mol. The zero-order chi connectivity index (χ0) is 13.8. The van der Waals surface area contributed by atoms with E-state index in [1.165, 1.54) is 25.3 Å². The van der Waals surface area contributed by atoms with Crippen molar-refractivity contribution < 1.29 is 9.13 Å². The van der Waals surface area contributed by atoms with E-state index in [1.54, 1.807) is 12.1 Å². The van der Waals surface area contributed by atoms with Crippen LogP contribution in [-0.2, 0) is 0 Å². The largest absolute Gasteiger partial charge is 0.481 e. The summed E-state index contributed by atoms with van der Waals surface area (Å²) in [5.74, 6) is -0.0189. The molecule has 1 aromatic carbocycles. The molecule has 0 aliphatic carbocycles. The van der Waals surface area contributed by atoms with Gasteiger partial charge < -0.3 is 15.8 Å². The fourth-order valence-corrected chi connectivity index (χ4v) is 1.49. The smallest absolute Gasteiger partial charge is 0.225 e. The normalized spacial score (nSPS) is 9.74. The van der Waals surface area contributed by atoms with Gasteiger partial charge in [-0.05, 0) is 12.1 Å². The molecule has 19 heavy (non-hydrogen) atoms. The minimum atomic E-state index is -0.610. The maximum Gasteiger partial charge on any atom is 0.225 e. The maximum atomic E-state index is 13.4. The summed E-state index contributed by atoms with van der Waals surface area (Å²) in [6.45, 7) is 0. The Kier molecular flexibility index (Phi) is 3.43. The van der Waals surface area contributed by atoms with Crippen molar-refractivity contribution in [3.63, 3.8) is 0 Å². The van der Waals surface area contributed by atoms with Crippen LogP contribution in [0.2, 0.25) is 0 Å². The highest BCUT2D eigenvalue weighted by Gasteiger charge is 2.09. The van der Waals surface area contributed by atoms with Crippen molar-refractivity contribution in [2.24, 2.45) is 0 Å². The number of hydrogen-bond acceptors (Lipinski definition) is 6. The van der Waals surface area contributed by atoms with Gasteiger partial charge in [0.1, 0.15) is 23.3 Å². The summed E-state index contributed by atoms with van der Waals surface area (Å²) >= 11 is 0. The van der Waals surface area contributed by atoms with Crippen LogP contribution in [0.4, 0.5) is 21.8 Å². The molecule has 0 saturated heterocycles. The van der Waals surface area contributed by atoms with Gasteiger partial charge in [-0.25, -0.2) is 4.39 Å². The molecular formula is C12H10FN5O. The van der Waals surface area contributed by atoms with Crippen LogP contribution in [0.3, 0.4) is 0 Å². The van der Waals surface area contributed by atoms with Crippen LogP contribution < -0.4 is 15.8 Å². The summed E-state index contributed by atoms with van der Waals surface area (Å²) < 4.78 is 18.4. The Bertz CT molecular complexity index is 653. The van der Waals surface area contributed by atoms with Gasteiger partial charge in [-0.1, -0.05) is 6.07 Å². The molecule has 0 spiro atoms. The van der Waals surface area contributed by atoms with Gasteiger partial charge in [0.05, 0.1) is 12.8 Å². The summed E-state index contributed by atoms with van der Waals surface area (Å²) in [6, 6.07) is 7.53. The number of hydrogen-bond donors (Lipinski definition) is 2. The number of nitrogens with zero attached hydrogens (tertiary/aromatic N) is 3. The van der Waals surface area contributed by atoms with Crippen molar-refractivity contribution in [3.8, 4) is 11.9 Å². The molecular weight excluding hydrogens is 249 g/mol. The molecule has 0 unspecified atom stereocenters. The van der Waals surface area contributed by atoms with Crippen molar-refractivity contribution >= 4 is 17.5 Å². The van der Waals surface area contributed by atoms with Gasteiger partial charge in [-0.3, -0.25) is 0 Å². The third kappa shape index (κ3) is 2.69. The summed E-state index contributed by atoms with van der Waals surface area (Å²) in [5.41, 5.74) is 5.70. The van der Waals surface area contributed by atoms with E-state index in [0.717, 1.165) is 0 Å². The summed E-state index contributed by atoms with van der Waals surface area (Å²) in [7, 11) is 1.44. The summed E-state index contributed by atoms with van der Waals surface area (Å²) in [5, 5.41) is 11.7. The standard InChI is InChI=1S/C12H10FN5O/c1-19-11-5-10(17-12(15)18-11)16-9-4-2-3-8(13)7(9)6-14/h2-5H,1H3,(H3,15,16,17,18). The molecule has 1 aromatic heterocycles. The second-order valence-electron chi connectivity index (χ2n) is 3.55. The first-order chi connectivity index (χ1) is 9.13. The minimum Gasteiger partial charge on any atom is -0.481 e. The second-order valence-corrected chi connectivity index (χ2v) is 3.55. The molecule has 0 aliphatic heterocycles. The molecule has 6 nitrogen and oxygen atoms in total. The zero-order valence-electron chi connectivity index (χ0n) is 10.0. The number of halogens is 1. The quantitative estimate of drug-likeness (QED) is 0.872. The Morgan fingerprint density at radius 1 is 1.42 bits per heavy atom. The molecule has 0 aliphatic rings. The van der Waals surface area contributed by atoms with Crippen LogP contribution in [0, 0.1) is 17.1 Å². The first kappa shape index (κ1) is 12.6. The van der Waals surface area contributed by atoms with Gasteiger partial charge in [0.2, 0.25) is 11.8 Å². The number of nitrogens with two attached hydrogens (primary N) is 1. The van der Waals surface area contributed by atoms with Crippen molar-refractivity contribution in [1.82, 2.24) is 9.97 Å². The Labute approximate surface area is 108 Å². The van der Waals surface area contributed by atoms with Crippen LogP contribution >= 0.6 is 0 Å². The van der Waals surface area contributed by atoms with Gasteiger partial charge in [0.15, 0.2) is 0 Å². The number of rotatable bonds is 3. The fraction of sp³-hybridized carbons (Fsp3) is 0.0833. The van der Waals surface area contributed by atoms with E-state index in [-0.39, 0.29) is 17.4 Å². The lowest BCUT2D eigenvalue weighted by atomic mass is 10.2. The van der Waals surface area contributed by atoms with E-state index in [2.05, 4.69) is 15.3 Å². The number of aromatic nitrogens is 2. The number of methoxy groups -OCH3 is 1. The van der Waals surface area contributed by atoms with E-state index in [1.807, 2.05) is 0 Å². The lowest BCUT2D eigenvalue weighted by Crippen LogP contribution is -2.03. The monoisotopic (exact) mass is 259 g/mol. The van der Waals surface area contributed by atoms with Crippen molar-refractivity contribution in [2.75, 3.05) is 18.2 Å². The van der Waals surface area contributed by atoms with Gasteiger partial charge in [-0.15, -0.1) is 0 Å². The predicted molar refractivity (Wildman–Crippen MR) is 67.4 cm³/mol. The SMILES string of the molecule is COc1cc(Nc2cccc(F)c2C#N)nc(N)n1. The highest BCUT2D eigenvalue weighted by molar-refractivity contribution is 5.65. The van der Waals surface area contributed by atoms with Gasteiger partial charge in [-0.2, -0.15) is 15.2 Å². The van der Waals surface area contributed by atoms with Crippen LogP contribution in [0.25, 0.3) is 0 Å². The number of nitrogen functional groups attached to an aromatic ring is 1. The topological polar surface area (TPSA) is 96.8 Å². The highest BCUT2D eigenvalue weighted by Crippen LogP contribution is 2.23. The van der Waals surface area contributed by atoms with E-state index in [4.69, 9.17) is 15.7 Å². The molecule has 0 amide bonds. The molecule has 0 radical (unpaired) electrons. The Hall–Kier alpha value is -2.88. The van der Waals surface area contributed by atoms with Gasteiger partial charge in [0.25, 0.3) is 0 Å². The van der Waals surface area contributed by atoms with E-state index >= 15 is 0 Å². The predicted octanol–water partition coefficient (Wildman–Crippen LogP) is 1.82. The van der Waals surface area contributed by atoms with Crippen LogP contribution in [0.5, 0.6) is 5.88 Å². The Morgan fingerprint density at radius 2 is 2.21 bits per heavy atom. The third-order valence-electron chi connectivity index (χ3n) is 2.32. The molecule has 1 heterocycles. The molecule has 0 saturated carbocycles. The first-order valence-corrected chi connectivity index (χ1v) is 5.28. The minimum absolute atomic E-state index is 0.0109. The molecule has 3 N–H and O–H groups in total. The number of nitriles is 1. The third-order valence-corrected chi connectivity index (χ3v) is 2.32. The molecule has 0 bridgehead atoms. The highest BCUT2D eigenvalue weighted by atomic mass is 19.1. The Balaban J connectivity index is 2.39.